The highest BCUT2D eigenvalue weighted by Gasteiger charge is 2.14. The Hall–Kier alpha value is -2.55. The highest BCUT2D eigenvalue weighted by Crippen LogP contribution is 2.24. The topological polar surface area (TPSA) is 46.5 Å². The fourth-order valence-electron chi connectivity index (χ4n) is 1.84. The van der Waals surface area contributed by atoms with E-state index in [4.69, 9.17) is 4.74 Å². The number of hydrogen-bond donors (Lipinski definition) is 1. The quantitative estimate of drug-likeness (QED) is 0.848. The van der Waals surface area contributed by atoms with E-state index >= 15 is 0 Å². The molecule has 0 aliphatic heterocycles. The van der Waals surface area contributed by atoms with Crippen molar-refractivity contribution < 1.29 is 14.6 Å². The summed E-state index contributed by atoms with van der Waals surface area (Å²) < 4.78 is 5.08. The molecule has 0 amide bonds. The van der Waals surface area contributed by atoms with Crippen LogP contribution in [-0.2, 0) is 0 Å². The van der Waals surface area contributed by atoms with Crippen LogP contribution in [0.2, 0.25) is 0 Å². The fourth-order valence-corrected chi connectivity index (χ4v) is 1.84. The summed E-state index contributed by atoms with van der Waals surface area (Å²) in [5, 5.41) is 9.26. The Labute approximate surface area is 111 Å². The highest BCUT2D eigenvalue weighted by molar-refractivity contribution is 5.96. The highest BCUT2D eigenvalue weighted by atomic mass is 16.5. The Morgan fingerprint density at radius 1 is 1.05 bits per heavy atom. The maximum absolute atomic E-state index is 11.3. The first-order chi connectivity index (χ1) is 9.22. The van der Waals surface area contributed by atoms with Crippen molar-refractivity contribution in [3.05, 3.63) is 65.2 Å². The van der Waals surface area contributed by atoms with Gasteiger partial charge in [-0.2, -0.15) is 0 Å². The van der Waals surface area contributed by atoms with Crippen molar-refractivity contribution in [3.63, 3.8) is 0 Å². The summed E-state index contributed by atoms with van der Waals surface area (Å²) in [6.07, 6.45) is 3.66. The minimum atomic E-state index is -0.995. The van der Waals surface area contributed by atoms with Gasteiger partial charge in [0, 0.05) is 0 Å². The van der Waals surface area contributed by atoms with E-state index < -0.39 is 5.97 Å². The average molecular weight is 254 g/mol. The van der Waals surface area contributed by atoms with Gasteiger partial charge in [0.15, 0.2) is 0 Å². The van der Waals surface area contributed by atoms with Crippen molar-refractivity contribution in [2.45, 2.75) is 0 Å². The first-order valence-electron chi connectivity index (χ1n) is 5.86. The van der Waals surface area contributed by atoms with Gasteiger partial charge in [-0.15, -0.1) is 0 Å². The summed E-state index contributed by atoms with van der Waals surface area (Å²) >= 11 is 0. The van der Waals surface area contributed by atoms with Gasteiger partial charge in [0.2, 0.25) is 0 Å². The standard InChI is InChI=1S/C16H14O3/c1-19-14-9-5-8-13(15(14)16(17)18)11-10-12-6-3-2-4-7-12/h2-11H,1H3,(H,17,18)/b11-10+. The van der Waals surface area contributed by atoms with Crippen LogP contribution in [0.15, 0.2) is 48.5 Å². The predicted octanol–water partition coefficient (Wildman–Crippen LogP) is 3.56. The van der Waals surface area contributed by atoms with E-state index in [1.807, 2.05) is 36.4 Å². The van der Waals surface area contributed by atoms with Crippen molar-refractivity contribution >= 4 is 18.1 Å². The molecular weight excluding hydrogens is 240 g/mol. The number of rotatable bonds is 4. The molecule has 1 N–H and O–H groups in total. The normalized spacial score (nSPS) is 10.6. The fraction of sp³-hybridized carbons (Fsp3) is 0.0625. The molecule has 0 aliphatic rings. The van der Waals surface area contributed by atoms with Crippen LogP contribution in [0.5, 0.6) is 5.75 Å². The lowest BCUT2D eigenvalue weighted by atomic mass is 10.0. The second-order valence-corrected chi connectivity index (χ2v) is 3.97. The van der Waals surface area contributed by atoms with Crippen LogP contribution in [-0.4, -0.2) is 18.2 Å². The molecule has 0 saturated carbocycles. The molecule has 0 radical (unpaired) electrons. The molecule has 2 aromatic carbocycles. The molecule has 0 fully saturated rings. The monoisotopic (exact) mass is 254 g/mol. The smallest absolute Gasteiger partial charge is 0.340 e. The summed E-state index contributed by atoms with van der Waals surface area (Å²) in [4.78, 5) is 11.3. The molecule has 0 bridgehead atoms. The van der Waals surface area contributed by atoms with Gasteiger partial charge in [-0.1, -0.05) is 54.6 Å². The van der Waals surface area contributed by atoms with Gasteiger partial charge in [-0.25, -0.2) is 4.79 Å². The molecule has 0 atom stereocenters. The van der Waals surface area contributed by atoms with Gasteiger partial charge in [-0.05, 0) is 17.2 Å². The third kappa shape index (κ3) is 3.01. The van der Waals surface area contributed by atoms with Crippen molar-refractivity contribution in [1.82, 2.24) is 0 Å². The van der Waals surface area contributed by atoms with Gasteiger partial charge in [-0.3, -0.25) is 0 Å². The number of ether oxygens (including phenoxy) is 1. The zero-order valence-electron chi connectivity index (χ0n) is 10.5. The molecule has 0 aromatic heterocycles. The largest absolute Gasteiger partial charge is 0.496 e. The second kappa shape index (κ2) is 5.87. The lowest BCUT2D eigenvalue weighted by Gasteiger charge is -2.07. The van der Waals surface area contributed by atoms with E-state index in [-0.39, 0.29) is 5.56 Å². The molecule has 0 saturated heterocycles. The summed E-state index contributed by atoms with van der Waals surface area (Å²) in [5.41, 5.74) is 1.81. The third-order valence-corrected chi connectivity index (χ3v) is 2.75. The minimum absolute atomic E-state index is 0.178. The van der Waals surface area contributed by atoms with Crippen molar-refractivity contribution in [3.8, 4) is 5.75 Å². The van der Waals surface area contributed by atoms with Crippen molar-refractivity contribution in [2.75, 3.05) is 7.11 Å². The lowest BCUT2D eigenvalue weighted by molar-refractivity contribution is 0.0693. The van der Waals surface area contributed by atoms with E-state index in [9.17, 15) is 9.90 Å². The maximum Gasteiger partial charge on any atom is 0.340 e. The van der Waals surface area contributed by atoms with E-state index in [0.717, 1.165) is 5.56 Å². The molecule has 0 heterocycles. The first-order valence-corrected chi connectivity index (χ1v) is 5.86. The van der Waals surface area contributed by atoms with Crippen molar-refractivity contribution in [1.29, 1.82) is 0 Å². The molecule has 96 valence electrons. The summed E-state index contributed by atoms with van der Waals surface area (Å²) in [6, 6.07) is 14.9. The zero-order valence-corrected chi connectivity index (χ0v) is 10.5. The molecule has 3 heteroatoms. The number of benzene rings is 2. The van der Waals surface area contributed by atoms with Crippen LogP contribution >= 0.6 is 0 Å². The van der Waals surface area contributed by atoms with Crippen LogP contribution in [0, 0.1) is 0 Å². The molecule has 0 aliphatic carbocycles. The number of carboxylic acids is 1. The van der Waals surface area contributed by atoms with Crippen LogP contribution in [0.1, 0.15) is 21.5 Å². The number of methoxy groups -OCH3 is 1. The third-order valence-electron chi connectivity index (χ3n) is 2.75. The van der Waals surface area contributed by atoms with Crippen LogP contribution < -0.4 is 4.74 Å². The van der Waals surface area contributed by atoms with Crippen LogP contribution in [0.25, 0.3) is 12.2 Å². The molecule has 19 heavy (non-hydrogen) atoms. The molecule has 0 unspecified atom stereocenters. The van der Waals surface area contributed by atoms with E-state index in [1.165, 1.54) is 7.11 Å². The predicted molar refractivity (Wildman–Crippen MR) is 75.3 cm³/mol. The second-order valence-electron chi connectivity index (χ2n) is 3.97. The number of hydrogen-bond acceptors (Lipinski definition) is 2. The molecule has 3 nitrogen and oxygen atoms in total. The lowest BCUT2D eigenvalue weighted by Crippen LogP contribution is -2.02. The molecule has 2 aromatic rings. The Kier molecular flexibility index (Phi) is 3.98. The van der Waals surface area contributed by atoms with E-state index in [2.05, 4.69) is 0 Å². The van der Waals surface area contributed by atoms with Gasteiger partial charge < -0.3 is 9.84 Å². The summed E-state index contributed by atoms with van der Waals surface area (Å²) in [7, 11) is 1.46. The number of aromatic carboxylic acids is 1. The van der Waals surface area contributed by atoms with E-state index in [0.29, 0.717) is 11.3 Å². The van der Waals surface area contributed by atoms with Gasteiger partial charge in [0.1, 0.15) is 11.3 Å². The van der Waals surface area contributed by atoms with Crippen LogP contribution in [0.4, 0.5) is 0 Å². The van der Waals surface area contributed by atoms with Gasteiger partial charge in [0.05, 0.1) is 7.11 Å². The van der Waals surface area contributed by atoms with E-state index in [1.54, 1.807) is 24.3 Å². The minimum Gasteiger partial charge on any atom is -0.496 e. The average Bonchev–Trinajstić information content (AvgIpc) is 2.45. The SMILES string of the molecule is COc1cccc(/C=C/c2ccccc2)c1C(=O)O. The van der Waals surface area contributed by atoms with Gasteiger partial charge >= 0.3 is 5.97 Å². The molecule has 2 rings (SSSR count). The Balaban J connectivity index is 2.40. The molecule has 0 spiro atoms. The summed E-state index contributed by atoms with van der Waals surface area (Å²) in [5.74, 6) is -0.632. The van der Waals surface area contributed by atoms with Crippen molar-refractivity contribution in [2.24, 2.45) is 0 Å². The Morgan fingerprint density at radius 2 is 1.79 bits per heavy atom. The number of carboxylic acid groups (broad SMARTS) is 1. The maximum atomic E-state index is 11.3. The number of carbonyl (C=O) groups is 1. The first kappa shape index (κ1) is 12.9. The Morgan fingerprint density at radius 3 is 2.42 bits per heavy atom. The Bertz CT molecular complexity index is 601. The molecular formula is C16H14O3. The van der Waals surface area contributed by atoms with Gasteiger partial charge in [0.25, 0.3) is 0 Å². The van der Waals surface area contributed by atoms with Crippen LogP contribution in [0.3, 0.4) is 0 Å². The summed E-state index contributed by atoms with van der Waals surface area (Å²) in [6.45, 7) is 0. The zero-order chi connectivity index (χ0) is 13.7.